The van der Waals surface area contributed by atoms with Gasteiger partial charge in [-0.1, -0.05) is 0 Å². The minimum absolute atomic E-state index is 0.250. The van der Waals surface area contributed by atoms with Crippen LogP contribution in [0.4, 0.5) is 0 Å². The van der Waals surface area contributed by atoms with E-state index in [4.69, 9.17) is 0 Å². The quantitative estimate of drug-likeness (QED) is 0.672. The van der Waals surface area contributed by atoms with Crippen molar-refractivity contribution in [2.45, 2.75) is 13.0 Å². The number of imidazole rings is 1. The van der Waals surface area contributed by atoms with Crippen LogP contribution in [0.1, 0.15) is 18.9 Å². The Labute approximate surface area is 76.0 Å². The van der Waals surface area contributed by atoms with E-state index < -0.39 is 12.1 Å². The number of aromatic nitrogens is 2. The van der Waals surface area contributed by atoms with Gasteiger partial charge in [0.1, 0.15) is 5.82 Å². The van der Waals surface area contributed by atoms with Gasteiger partial charge < -0.3 is 14.4 Å². The second-order valence-electron chi connectivity index (χ2n) is 2.55. The fourth-order valence-corrected chi connectivity index (χ4v) is 0.967. The van der Waals surface area contributed by atoms with Gasteiger partial charge >= 0.3 is 5.97 Å². The third-order valence-corrected chi connectivity index (χ3v) is 1.61. The lowest BCUT2D eigenvalue weighted by Crippen LogP contribution is -2.18. The summed E-state index contributed by atoms with van der Waals surface area (Å²) in [4.78, 5) is 14.9. The summed E-state index contributed by atoms with van der Waals surface area (Å²) in [5, 5.41) is 9.43. The smallest absolute Gasteiger partial charge is 0.342 e. The molecule has 0 unspecified atom stereocenters. The largest absolute Gasteiger partial charge is 0.464 e. The molecule has 0 bridgehead atoms. The minimum atomic E-state index is -1.29. The average Bonchev–Trinajstić information content (AvgIpc) is 2.50. The van der Waals surface area contributed by atoms with Gasteiger partial charge in [0.25, 0.3) is 0 Å². The third-order valence-electron chi connectivity index (χ3n) is 1.61. The summed E-state index contributed by atoms with van der Waals surface area (Å²) in [6, 6.07) is 0. The number of hydrogen-bond acceptors (Lipinski definition) is 4. The maximum absolute atomic E-state index is 11.1. The first-order chi connectivity index (χ1) is 6.16. The van der Waals surface area contributed by atoms with Gasteiger partial charge in [-0.05, 0) is 6.92 Å². The summed E-state index contributed by atoms with van der Waals surface area (Å²) < 4.78 is 6.21. The van der Waals surface area contributed by atoms with E-state index in [1.807, 2.05) is 0 Å². The number of aliphatic hydroxyl groups excluding tert-OH is 1. The van der Waals surface area contributed by atoms with Crippen molar-refractivity contribution >= 4 is 5.97 Å². The normalized spacial score (nSPS) is 12.5. The van der Waals surface area contributed by atoms with Crippen LogP contribution in [0.25, 0.3) is 0 Å². The molecule has 5 heteroatoms. The zero-order valence-electron chi connectivity index (χ0n) is 7.60. The predicted molar refractivity (Wildman–Crippen MR) is 44.8 cm³/mol. The summed E-state index contributed by atoms with van der Waals surface area (Å²) in [5.41, 5.74) is 0. The Balaban J connectivity index is 2.73. The van der Waals surface area contributed by atoms with Gasteiger partial charge in [0.2, 0.25) is 6.10 Å². The molecule has 0 aliphatic heterocycles. The van der Waals surface area contributed by atoms with Crippen LogP contribution in [0.5, 0.6) is 0 Å². The second kappa shape index (κ2) is 4.04. The molecule has 0 fully saturated rings. The summed E-state index contributed by atoms with van der Waals surface area (Å²) >= 11 is 0. The van der Waals surface area contributed by atoms with Crippen LogP contribution in [0.2, 0.25) is 0 Å². The maximum Gasteiger partial charge on any atom is 0.342 e. The van der Waals surface area contributed by atoms with E-state index in [1.54, 1.807) is 24.7 Å². The molecule has 0 saturated carbocycles. The van der Waals surface area contributed by atoms with Gasteiger partial charge in [-0.25, -0.2) is 9.78 Å². The summed E-state index contributed by atoms with van der Waals surface area (Å²) in [6.07, 6.45) is 1.87. The number of ether oxygens (including phenoxy) is 1. The molecule has 0 aromatic carbocycles. The molecule has 1 rings (SSSR count). The van der Waals surface area contributed by atoms with Gasteiger partial charge in [0.15, 0.2) is 0 Å². The van der Waals surface area contributed by atoms with Crippen molar-refractivity contribution in [2.75, 3.05) is 6.61 Å². The minimum Gasteiger partial charge on any atom is -0.464 e. The Kier molecular flexibility index (Phi) is 3.02. The van der Waals surface area contributed by atoms with Crippen LogP contribution in [0, 0.1) is 0 Å². The highest BCUT2D eigenvalue weighted by atomic mass is 16.5. The van der Waals surface area contributed by atoms with E-state index in [-0.39, 0.29) is 6.61 Å². The molecule has 0 radical (unpaired) electrons. The van der Waals surface area contributed by atoms with Crippen LogP contribution in [-0.4, -0.2) is 27.2 Å². The summed E-state index contributed by atoms with van der Waals surface area (Å²) in [6.45, 7) is 1.93. The number of nitrogens with zero attached hydrogens (tertiary/aromatic N) is 2. The molecule has 5 nitrogen and oxygen atoms in total. The zero-order chi connectivity index (χ0) is 9.84. The number of aliphatic hydroxyl groups is 1. The first-order valence-corrected chi connectivity index (χ1v) is 3.98. The molecule has 72 valence electrons. The fraction of sp³-hybridized carbons (Fsp3) is 0.500. The van der Waals surface area contributed by atoms with Crippen molar-refractivity contribution in [3.05, 3.63) is 18.2 Å². The van der Waals surface area contributed by atoms with Crippen LogP contribution in [0.3, 0.4) is 0 Å². The molecule has 1 aromatic rings. The molecule has 0 amide bonds. The van der Waals surface area contributed by atoms with E-state index in [9.17, 15) is 9.90 Å². The van der Waals surface area contributed by atoms with E-state index in [0.29, 0.717) is 5.82 Å². The molecule has 0 spiro atoms. The molecule has 0 aliphatic rings. The van der Waals surface area contributed by atoms with Crippen LogP contribution >= 0.6 is 0 Å². The molecule has 0 aliphatic carbocycles. The van der Waals surface area contributed by atoms with Crippen molar-refractivity contribution in [1.29, 1.82) is 0 Å². The van der Waals surface area contributed by atoms with Gasteiger partial charge in [0.05, 0.1) is 6.61 Å². The Morgan fingerprint density at radius 3 is 3.00 bits per heavy atom. The van der Waals surface area contributed by atoms with Crippen molar-refractivity contribution in [3.63, 3.8) is 0 Å². The lowest BCUT2D eigenvalue weighted by Gasteiger charge is -2.08. The highest BCUT2D eigenvalue weighted by molar-refractivity contribution is 5.75. The molecule has 1 N–H and O–H groups in total. The molecule has 1 aromatic heterocycles. The topological polar surface area (TPSA) is 64.3 Å². The van der Waals surface area contributed by atoms with Gasteiger partial charge in [-0.15, -0.1) is 0 Å². The van der Waals surface area contributed by atoms with E-state index in [1.165, 1.54) is 6.20 Å². The van der Waals surface area contributed by atoms with Crippen molar-refractivity contribution in [2.24, 2.45) is 7.05 Å². The lowest BCUT2D eigenvalue weighted by molar-refractivity contribution is -0.153. The van der Waals surface area contributed by atoms with Crippen LogP contribution in [-0.2, 0) is 16.6 Å². The number of carbonyl (C=O) groups is 1. The fourth-order valence-electron chi connectivity index (χ4n) is 0.967. The SMILES string of the molecule is CCOC(=O)[C@H](O)c1nccn1C. The number of hydrogen-bond donors (Lipinski definition) is 1. The standard InChI is InChI=1S/C8H12N2O3/c1-3-13-8(12)6(11)7-9-4-5-10(7)2/h4-6,11H,3H2,1-2H3/t6-/m1/s1. The van der Waals surface area contributed by atoms with Crippen LogP contribution in [0.15, 0.2) is 12.4 Å². The van der Waals surface area contributed by atoms with Crippen molar-refractivity contribution in [3.8, 4) is 0 Å². The molecular formula is C8H12N2O3. The average molecular weight is 184 g/mol. The first-order valence-electron chi connectivity index (χ1n) is 3.98. The Hall–Kier alpha value is -1.36. The van der Waals surface area contributed by atoms with Gasteiger partial charge in [-0.2, -0.15) is 0 Å². The number of aryl methyl sites for hydroxylation is 1. The Bertz CT molecular complexity index is 295. The van der Waals surface area contributed by atoms with Crippen molar-refractivity contribution in [1.82, 2.24) is 9.55 Å². The van der Waals surface area contributed by atoms with Gasteiger partial charge in [0, 0.05) is 19.4 Å². The number of rotatable bonds is 3. The van der Waals surface area contributed by atoms with E-state index in [0.717, 1.165) is 0 Å². The molecular weight excluding hydrogens is 172 g/mol. The third kappa shape index (κ3) is 2.06. The van der Waals surface area contributed by atoms with Crippen molar-refractivity contribution < 1.29 is 14.6 Å². The molecule has 13 heavy (non-hydrogen) atoms. The first kappa shape index (κ1) is 9.73. The number of carbonyl (C=O) groups excluding carboxylic acids is 1. The zero-order valence-corrected chi connectivity index (χ0v) is 7.60. The van der Waals surface area contributed by atoms with E-state index in [2.05, 4.69) is 9.72 Å². The molecule has 1 atom stereocenters. The monoisotopic (exact) mass is 184 g/mol. The van der Waals surface area contributed by atoms with E-state index >= 15 is 0 Å². The Morgan fingerprint density at radius 2 is 2.54 bits per heavy atom. The molecule has 1 heterocycles. The maximum atomic E-state index is 11.1. The molecule has 0 saturated heterocycles. The highest BCUT2D eigenvalue weighted by Gasteiger charge is 2.22. The summed E-state index contributed by atoms with van der Waals surface area (Å²) in [7, 11) is 1.70. The van der Waals surface area contributed by atoms with Gasteiger partial charge in [-0.3, -0.25) is 0 Å². The predicted octanol–water partition coefficient (Wildman–Crippen LogP) is 0.0166. The number of esters is 1. The van der Waals surface area contributed by atoms with Crippen LogP contribution < -0.4 is 0 Å². The lowest BCUT2D eigenvalue weighted by atomic mass is 10.3. The Morgan fingerprint density at radius 1 is 1.85 bits per heavy atom. The summed E-state index contributed by atoms with van der Waals surface area (Å²) in [5.74, 6) is -0.379. The highest BCUT2D eigenvalue weighted by Crippen LogP contribution is 2.10. The second-order valence-corrected chi connectivity index (χ2v) is 2.55.